The first-order chi connectivity index (χ1) is 12.2. The molecule has 2 aliphatic rings. The Kier molecular flexibility index (Phi) is 4.53. The molecule has 4 rings (SSSR count). The van der Waals surface area contributed by atoms with E-state index in [1.54, 1.807) is 6.92 Å². The molecule has 0 unspecified atom stereocenters. The Bertz CT molecular complexity index is 758. The number of amides is 1. The van der Waals surface area contributed by atoms with Gasteiger partial charge in [0.15, 0.2) is 5.82 Å². The molecule has 1 fully saturated rings. The summed E-state index contributed by atoms with van der Waals surface area (Å²) in [5.74, 6) is 1.60. The third-order valence-corrected chi connectivity index (χ3v) is 5.13. The summed E-state index contributed by atoms with van der Waals surface area (Å²) in [5, 5.41) is 4.03. The van der Waals surface area contributed by atoms with E-state index < -0.39 is 0 Å². The Balaban J connectivity index is 1.43. The summed E-state index contributed by atoms with van der Waals surface area (Å²) in [5.41, 5.74) is 2.45. The number of aromatic nitrogens is 2. The van der Waals surface area contributed by atoms with Gasteiger partial charge in [-0.15, -0.1) is 0 Å². The minimum atomic E-state index is -0.134. The molecule has 2 atom stereocenters. The van der Waals surface area contributed by atoms with Crippen molar-refractivity contribution in [1.82, 2.24) is 15.0 Å². The van der Waals surface area contributed by atoms with Crippen LogP contribution < -0.4 is 0 Å². The second kappa shape index (κ2) is 6.96. The summed E-state index contributed by atoms with van der Waals surface area (Å²) in [6, 6.07) is 8.27. The third kappa shape index (κ3) is 3.44. The Morgan fingerprint density at radius 3 is 3.08 bits per heavy atom. The summed E-state index contributed by atoms with van der Waals surface area (Å²) in [7, 11) is 0. The lowest BCUT2D eigenvalue weighted by atomic mass is 9.94. The molecule has 0 radical (unpaired) electrons. The molecular formula is C19H23N3O3. The van der Waals surface area contributed by atoms with Crippen LogP contribution in [-0.2, 0) is 16.0 Å². The number of hydrogen-bond acceptors (Lipinski definition) is 5. The van der Waals surface area contributed by atoms with Gasteiger partial charge < -0.3 is 14.2 Å². The van der Waals surface area contributed by atoms with E-state index in [0.29, 0.717) is 31.3 Å². The molecule has 1 amide bonds. The topological polar surface area (TPSA) is 68.5 Å². The molecule has 0 saturated carbocycles. The van der Waals surface area contributed by atoms with E-state index in [0.717, 1.165) is 31.4 Å². The van der Waals surface area contributed by atoms with Crippen LogP contribution in [0.2, 0.25) is 0 Å². The fourth-order valence-electron chi connectivity index (χ4n) is 3.83. The number of piperidine rings is 1. The van der Waals surface area contributed by atoms with E-state index in [1.165, 1.54) is 5.56 Å². The predicted octanol–water partition coefficient (Wildman–Crippen LogP) is 2.79. The van der Waals surface area contributed by atoms with Crippen molar-refractivity contribution in [3.63, 3.8) is 0 Å². The van der Waals surface area contributed by atoms with Gasteiger partial charge in [-0.05, 0) is 30.4 Å². The van der Waals surface area contributed by atoms with Crippen LogP contribution >= 0.6 is 0 Å². The molecule has 6 nitrogen and oxygen atoms in total. The number of carbonyl (C=O) groups excluding carboxylic acids is 1. The molecule has 0 spiro atoms. The first-order valence-electron chi connectivity index (χ1n) is 8.98. The zero-order valence-electron chi connectivity index (χ0n) is 14.5. The first kappa shape index (κ1) is 16.3. The number of nitrogens with zero attached hydrogens (tertiary/aromatic N) is 3. The molecule has 3 heterocycles. The highest BCUT2D eigenvalue weighted by atomic mass is 16.5. The number of aryl methyl sites for hydroxylation is 1. The van der Waals surface area contributed by atoms with Crippen molar-refractivity contribution in [2.75, 3.05) is 19.7 Å². The molecule has 2 aromatic rings. The van der Waals surface area contributed by atoms with E-state index in [1.807, 2.05) is 17.0 Å². The number of carbonyl (C=O) groups is 1. The number of ether oxygens (including phenoxy) is 1. The van der Waals surface area contributed by atoms with Crippen molar-refractivity contribution in [2.24, 2.45) is 0 Å². The Morgan fingerprint density at radius 1 is 1.36 bits per heavy atom. The van der Waals surface area contributed by atoms with Gasteiger partial charge in [0.25, 0.3) is 0 Å². The fraction of sp³-hybridized carbons (Fsp3) is 0.526. The Hall–Kier alpha value is -2.21. The van der Waals surface area contributed by atoms with Crippen molar-refractivity contribution in [3.05, 3.63) is 47.1 Å². The number of likely N-dealkylation sites (tertiary alicyclic amines) is 1. The summed E-state index contributed by atoms with van der Waals surface area (Å²) in [4.78, 5) is 19.1. The summed E-state index contributed by atoms with van der Waals surface area (Å²) >= 11 is 0. The van der Waals surface area contributed by atoms with Crippen LogP contribution in [0.1, 0.15) is 54.1 Å². The van der Waals surface area contributed by atoms with Crippen molar-refractivity contribution in [2.45, 2.75) is 44.6 Å². The lowest BCUT2D eigenvalue weighted by molar-refractivity contribution is -0.136. The first-order valence-corrected chi connectivity index (χ1v) is 8.98. The van der Waals surface area contributed by atoms with Crippen LogP contribution in [0, 0.1) is 6.92 Å². The minimum Gasteiger partial charge on any atom is -0.373 e. The zero-order valence-corrected chi connectivity index (χ0v) is 14.5. The van der Waals surface area contributed by atoms with Crippen molar-refractivity contribution < 1.29 is 14.1 Å². The molecule has 2 aliphatic heterocycles. The van der Waals surface area contributed by atoms with E-state index in [2.05, 4.69) is 22.3 Å². The highest BCUT2D eigenvalue weighted by Gasteiger charge is 2.30. The molecular weight excluding hydrogens is 318 g/mol. The van der Waals surface area contributed by atoms with Gasteiger partial charge in [0.2, 0.25) is 11.8 Å². The molecule has 1 aromatic carbocycles. The second-order valence-corrected chi connectivity index (χ2v) is 6.86. The minimum absolute atomic E-state index is 0.134. The average Bonchev–Trinajstić information content (AvgIpc) is 3.09. The molecule has 6 heteroatoms. The standard InChI is InChI=1S/C19H23N3O3/c1-13-20-19(21-25-13)15-6-4-9-22(12-15)18(23)11-17-16-7-3-2-5-14(16)8-10-24-17/h2-3,5,7,15,17H,4,6,8-12H2,1H3/t15-,17+/m1/s1. The van der Waals surface area contributed by atoms with Gasteiger partial charge in [0.05, 0.1) is 19.1 Å². The van der Waals surface area contributed by atoms with Crippen LogP contribution in [0.4, 0.5) is 0 Å². The molecule has 25 heavy (non-hydrogen) atoms. The SMILES string of the molecule is Cc1nc([C@@H]2CCCN(C(=O)C[C@@H]3OCCc4ccccc43)C2)no1. The summed E-state index contributed by atoms with van der Waals surface area (Å²) in [6.45, 7) is 3.92. The smallest absolute Gasteiger partial charge is 0.225 e. The van der Waals surface area contributed by atoms with Gasteiger partial charge in [-0.3, -0.25) is 4.79 Å². The normalized spacial score (nSPS) is 23.3. The Labute approximate surface area is 147 Å². The van der Waals surface area contributed by atoms with E-state index in [-0.39, 0.29) is 17.9 Å². The fourth-order valence-corrected chi connectivity index (χ4v) is 3.83. The number of benzene rings is 1. The highest BCUT2D eigenvalue weighted by Crippen LogP contribution is 2.31. The van der Waals surface area contributed by atoms with E-state index in [4.69, 9.17) is 9.26 Å². The van der Waals surface area contributed by atoms with Crippen molar-refractivity contribution >= 4 is 5.91 Å². The molecule has 0 bridgehead atoms. The van der Waals surface area contributed by atoms with Crippen molar-refractivity contribution in [1.29, 1.82) is 0 Å². The number of fused-ring (bicyclic) bond motifs is 1. The van der Waals surface area contributed by atoms with Gasteiger partial charge in [0.1, 0.15) is 0 Å². The van der Waals surface area contributed by atoms with Crippen LogP contribution in [0.3, 0.4) is 0 Å². The summed E-state index contributed by atoms with van der Waals surface area (Å²) in [6.07, 6.45) is 3.14. The van der Waals surface area contributed by atoms with Gasteiger partial charge in [-0.2, -0.15) is 4.98 Å². The largest absolute Gasteiger partial charge is 0.373 e. The van der Waals surface area contributed by atoms with E-state index >= 15 is 0 Å². The third-order valence-electron chi connectivity index (χ3n) is 5.13. The van der Waals surface area contributed by atoms with Gasteiger partial charge in [0, 0.05) is 25.9 Å². The quantitative estimate of drug-likeness (QED) is 0.859. The number of hydrogen-bond donors (Lipinski definition) is 0. The maximum atomic E-state index is 12.8. The lowest BCUT2D eigenvalue weighted by Crippen LogP contribution is -2.40. The molecule has 0 aliphatic carbocycles. The predicted molar refractivity (Wildman–Crippen MR) is 91.0 cm³/mol. The maximum Gasteiger partial charge on any atom is 0.225 e. The van der Waals surface area contributed by atoms with Crippen LogP contribution in [0.15, 0.2) is 28.8 Å². The molecule has 132 valence electrons. The number of rotatable bonds is 3. The lowest BCUT2D eigenvalue weighted by Gasteiger charge is -2.33. The van der Waals surface area contributed by atoms with Gasteiger partial charge >= 0.3 is 0 Å². The maximum absolute atomic E-state index is 12.8. The molecule has 1 aromatic heterocycles. The monoisotopic (exact) mass is 341 g/mol. The molecule has 0 N–H and O–H groups in total. The average molecular weight is 341 g/mol. The summed E-state index contributed by atoms with van der Waals surface area (Å²) < 4.78 is 11.0. The molecule has 1 saturated heterocycles. The van der Waals surface area contributed by atoms with Crippen molar-refractivity contribution in [3.8, 4) is 0 Å². The van der Waals surface area contributed by atoms with Crippen LogP contribution in [0.5, 0.6) is 0 Å². The van der Waals surface area contributed by atoms with Gasteiger partial charge in [-0.25, -0.2) is 0 Å². The van der Waals surface area contributed by atoms with Gasteiger partial charge in [-0.1, -0.05) is 29.4 Å². The highest BCUT2D eigenvalue weighted by molar-refractivity contribution is 5.77. The van der Waals surface area contributed by atoms with Crippen LogP contribution in [-0.4, -0.2) is 40.6 Å². The Morgan fingerprint density at radius 2 is 2.24 bits per heavy atom. The zero-order chi connectivity index (χ0) is 17.2. The van der Waals surface area contributed by atoms with E-state index in [9.17, 15) is 4.79 Å². The second-order valence-electron chi connectivity index (χ2n) is 6.86. The van der Waals surface area contributed by atoms with Crippen LogP contribution in [0.25, 0.3) is 0 Å².